The summed E-state index contributed by atoms with van der Waals surface area (Å²) in [5.74, 6) is -0.262. The average Bonchev–Trinajstić information content (AvgIpc) is 2.75. The van der Waals surface area contributed by atoms with Crippen LogP contribution < -0.4 is 16.4 Å². The second-order valence-electron chi connectivity index (χ2n) is 5.07. The number of furan rings is 1. The van der Waals surface area contributed by atoms with Crippen LogP contribution in [0.5, 0.6) is 0 Å². The number of benzene rings is 1. The van der Waals surface area contributed by atoms with Gasteiger partial charge in [-0.2, -0.15) is 0 Å². The summed E-state index contributed by atoms with van der Waals surface area (Å²) in [6, 6.07) is 3.45. The van der Waals surface area contributed by atoms with Gasteiger partial charge in [-0.15, -0.1) is 0 Å². The molecular weight excluding hydrogens is 289 g/mol. The third-order valence-corrected chi connectivity index (χ3v) is 3.33. The number of hydrogen-bond acceptors (Lipinski definition) is 3. The van der Waals surface area contributed by atoms with Crippen molar-refractivity contribution in [3.05, 3.63) is 35.3 Å². The maximum Gasteiger partial charge on any atom is 0.315 e. The van der Waals surface area contributed by atoms with Gasteiger partial charge in [0.25, 0.3) is 0 Å². The van der Waals surface area contributed by atoms with Crippen molar-refractivity contribution in [3.8, 4) is 0 Å². The van der Waals surface area contributed by atoms with Crippen molar-refractivity contribution in [1.82, 2.24) is 10.6 Å². The van der Waals surface area contributed by atoms with E-state index in [1.165, 1.54) is 12.1 Å². The molecule has 1 aromatic heterocycles. The SMILES string of the molecule is Cc1c([C@H](C)NC(=O)NCCC(N)=O)oc2ccc(F)cc12. The summed E-state index contributed by atoms with van der Waals surface area (Å²) in [6.45, 7) is 3.73. The highest BCUT2D eigenvalue weighted by Crippen LogP contribution is 2.29. The molecule has 0 spiro atoms. The number of rotatable bonds is 5. The van der Waals surface area contributed by atoms with Crippen molar-refractivity contribution in [2.45, 2.75) is 26.3 Å². The zero-order valence-electron chi connectivity index (χ0n) is 12.4. The molecule has 118 valence electrons. The lowest BCUT2D eigenvalue weighted by Crippen LogP contribution is -2.38. The Balaban J connectivity index is 2.06. The highest BCUT2D eigenvalue weighted by Gasteiger charge is 2.18. The van der Waals surface area contributed by atoms with E-state index in [0.29, 0.717) is 16.7 Å². The summed E-state index contributed by atoms with van der Waals surface area (Å²) in [4.78, 5) is 22.3. The van der Waals surface area contributed by atoms with Gasteiger partial charge in [-0.25, -0.2) is 9.18 Å². The quantitative estimate of drug-likeness (QED) is 0.789. The molecule has 0 unspecified atom stereocenters. The number of amides is 3. The molecule has 1 atom stereocenters. The molecular formula is C15H18FN3O3. The summed E-state index contributed by atoms with van der Waals surface area (Å²) in [6.07, 6.45) is 0.0742. The Morgan fingerprint density at radius 1 is 1.41 bits per heavy atom. The monoisotopic (exact) mass is 307 g/mol. The molecule has 6 nitrogen and oxygen atoms in total. The van der Waals surface area contributed by atoms with Crippen molar-refractivity contribution < 1.29 is 18.4 Å². The third kappa shape index (κ3) is 3.55. The number of aryl methyl sites for hydroxylation is 1. The number of primary amides is 1. The van der Waals surface area contributed by atoms with Crippen LogP contribution in [0.25, 0.3) is 11.0 Å². The molecule has 1 aromatic carbocycles. The van der Waals surface area contributed by atoms with Gasteiger partial charge in [0.15, 0.2) is 0 Å². The molecule has 0 aliphatic heterocycles. The Morgan fingerprint density at radius 2 is 2.14 bits per heavy atom. The fourth-order valence-corrected chi connectivity index (χ4v) is 2.24. The van der Waals surface area contributed by atoms with Crippen LogP contribution in [0.1, 0.15) is 30.7 Å². The van der Waals surface area contributed by atoms with Crippen molar-refractivity contribution in [3.63, 3.8) is 0 Å². The minimum absolute atomic E-state index is 0.0742. The number of nitrogens with two attached hydrogens (primary N) is 1. The molecule has 0 aliphatic rings. The summed E-state index contributed by atoms with van der Waals surface area (Å²) < 4.78 is 19.0. The molecule has 3 amide bonds. The highest BCUT2D eigenvalue weighted by molar-refractivity contribution is 5.82. The Kier molecular flexibility index (Phi) is 4.65. The van der Waals surface area contributed by atoms with Gasteiger partial charge in [0.05, 0.1) is 6.04 Å². The van der Waals surface area contributed by atoms with Crippen LogP contribution >= 0.6 is 0 Å². The van der Waals surface area contributed by atoms with Crippen molar-refractivity contribution in [2.24, 2.45) is 5.73 Å². The number of urea groups is 1. The van der Waals surface area contributed by atoms with Crippen LogP contribution in [0, 0.1) is 12.7 Å². The second kappa shape index (κ2) is 6.46. The van der Waals surface area contributed by atoms with Gasteiger partial charge in [-0.05, 0) is 32.0 Å². The van der Waals surface area contributed by atoms with Crippen molar-refractivity contribution in [1.29, 1.82) is 0 Å². The Labute approximate surface area is 126 Å². The van der Waals surface area contributed by atoms with Gasteiger partial charge in [0.2, 0.25) is 5.91 Å². The van der Waals surface area contributed by atoms with E-state index in [0.717, 1.165) is 5.56 Å². The highest BCUT2D eigenvalue weighted by atomic mass is 19.1. The molecule has 2 aromatic rings. The third-order valence-electron chi connectivity index (χ3n) is 3.33. The molecule has 0 fully saturated rings. The zero-order valence-corrected chi connectivity index (χ0v) is 12.4. The number of carbonyl (C=O) groups excluding carboxylic acids is 2. The van der Waals surface area contributed by atoms with E-state index < -0.39 is 18.0 Å². The lowest BCUT2D eigenvalue weighted by molar-refractivity contribution is -0.117. The van der Waals surface area contributed by atoms with Crippen LogP contribution in [0.4, 0.5) is 9.18 Å². The fourth-order valence-electron chi connectivity index (χ4n) is 2.24. The lowest BCUT2D eigenvalue weighted by Gasteiger charge is -2.13. The standard InChI is InChI=1S/C15H18FN3O3/c1-8-11-7-10(16)3-4-12(11)22-14(8)9(2)19-15(21)18-6-5-13(17)20/h3-4,7,9H,5-6H2,1-2H3,(H2,17,20)(H2,18,19,21)/t9-/m0/s1. The first-order valence-corrected chi connectivity index (χ1v) is 6.89. The largest absolute Gasteiger partial charge is 0.459 e. The minimum Gasteiger partial charge on any atom is -0.459 e. The van der Waals surface area contributed by atoms with E-state index in [2.05, 4.69) is 10.6 Å². The maximum absolute atomic E-state index is 13.3. The minimum atomic E-state index is -0.483. The number of hydrogen-bond donors (Lipinski definition) is 3. The van der Waals surface area contributed by atoms with Crippen molar-refractivity contribution in [2.75, 3.05) is 6.54 Å². The van der Waals surface area contributed by atoms with Gasteiger partial charge in [0, 0.05) is 23.9 Å². The molecule has 4 N–H and O–H groups in total. The number of carbonyl (C=O) groups is 2. The zero-order chi connectivity index (χ0) is 16.3. The maximum atomic E-state index is 13.3. The Hall–Kier alpha value is -2.57. The molecule has 0 saturated carbocycles. The van der Waals surface area contributed by atoms with E-state index in [4.69, 9.17) is 10.2 Å². The summed E-state index contributed by atoms with van der Waals surface area (Å²) in [7, 11) is 0. The first-order valence-electron chi connectivity index (χ1n) is 6.89. The Morgan fingerprint density at radius 3 is 2.82 bits per heavy atom. The average molecular weight is 307 g/mol. The first kappa shape index (κ1) is 15.8. The van der Waals surface area contributed by atoms with Crippen LogP contribution in [0.15, 0.2) is 22.6 Å². The number of halogens is 1. The molecule has 0 radical (unpaired) electrons. The van der Waals surface area contributed by atoms with E-state index >= 15 is 0 Å². The molecule has 1 heterocycles. The first-order chi connectivity index (χ1) is 10.4. The number of nitrogens with one attached hydrogen (secondary N) is 2. The second-order valence-corrected chi connectivity index (χ2v) is 5.07. The van der Waals surface area contributed by atoms with Gasteiger partial charge in [-0.3, -0.25) is 4.79 Å². The van der Waals surface area contributed by atoms with Gasteiger partial charge < -0.3 is 20.8 Å². The number of fused-ring (bicyclic) bond motifs is 1. The normalized spacial score (nSPS) is 12.1. The molecule has 7 heteroatoms. The van der Waals surface area contributed by atoms with Gasteiger partial charge >= 0.3 is 6.03 Å². The lowest BCUT2D eigenvalue weighted by atomic mass is 10.1. The molecule has 22 heavy (non-hydrogen) atoms. The van der Waals surface area contributed by atoms with E-state index in [9.17, 15) is 14.0 Å². The van der Waals surface area contributed by atoms with Gasteiger partial charge in [0.1, 0.15) is 17.2 Å². The molecule has 0 bridgehead atoms. The summed E-state index contributed by atoms with van der Waals surface area (Å²) in [5, 5.41) is 5.90. The summed E-state index contributed by atoms with van der Waals surface area (Å²) >= 11 is 0. The predicted molar refractivity (Wildman–Crippen MR) is 79.7 cm³/mol. The van der Waals surface area contributed by atoms with E-state index in [-0.39, 0.29) is 18.8 Å². The van der Waals surface area contributed by atoms with Crippen molar-refractivity contribution >= 4 is 22.9 Å². The fraction of sp³-hybridized carbons (Fsp3) is 0.333. The summed E-state index contributed by atoms with van der Waals surface area (Å²) in [5.41, 5.74) is 6.33. The molecule has 0 aliphatic carbocycles. The van der Waals surface area contributed by atoms with Crippen LogP contribution in [-0.4, -0.2) is 18.5 Å². The Bertz CT molecular complexity index is 711. The van der Waals surface area contributed by atoms with Gasteiger partial charge in [-0.1, -0.05) is 0 Å². The van der Waals surface area contributed by atoms with Crippen LogP contribution in [0.3, 0.4) is 0 Å². The molecule has 0 saturated heterocycles. The molecule has 2 rings (SSSR count). The van der Waals surface area contributed by atoms with Crippen LogP contribution in [0.2, 0.25) is 0 Å². The smallest absolute Gasteiger partial charge is 0.315 e. The topological polar surface area (TPSA) is 97.4 Å². The van der Waals surface area contributed by atoms with Crippen LogP contribution in [-0.2, 0) is 4.79 Å². The van der Waals surface area contributed by atoms with E-state index in [1.807, 2.05) is 6.92 Å². The van der Waals surface area contributed by atoms with E-state index in [1.54, 1.807) is 13.0 Å². The predicted octanol–water partition coefficient (Wildman–Crippen LogP) is 2.12.